The molecule has 0 aromatic heterocycles. The molecule has 0 radical (unpaired) electrons. The van der Waals surface area contributed by atoms with Gasteiger partial charge < -0.3 is 23.2 Å². The van der Waals surface area contributed by atoms with Crippen molar-refractivity contribution in [2.24, 2.45) is 5.73 Å². The number of carboxylic acids is 1. The molecule has 10 heavy (non-hydrogen) atoms. The van der Waals surface area contributed by atoms with Gasteiger partial charge in [-0.1, -0.05) is 0 Å². The summed E-state index contributed by atoms with van der Waals surface area (Å²) in [5.41, 5.74) is 4.84. The van der Waals surface area contributed by atoms with Gasteiger partial charge in [0.25, 0.3) is 0 Å². The van der Waals surface area contributed by atoms with E-state index in [9.17, 15) is 4.79 Å². The molecule has 0 unspecified atom stereocenters. The van der Waals surface area contributed by atoms with Crippen LogP contribution in [0.25, 0.3) is 0 Å². The van der Waals surface area contributed by atoms with Crippen molar-refractivity contribution in [2.75, 3.05) is 0 Å². The summed E-state index contributed by atoms with van der Waals surface area (Å²) in [6.07, 6.45) is 0. The molecule has 0 aliphatic rings. The molecule has 0 fully saturated rings. The van der Waals surface area contributed by atoms with Crippen LogP contribution in [0.15, 0.2) is 0 Å². The summed E-state index contributed by atoms with van der Waals surface area (Å²) in [5.74, 6) is -0.963. The van der Waals surface area contributed by atoms with Crippen molar-refractivity contribution in [1.82, 2.24) is 0 Å². The summed E-state index contributed by atoms with van der Waals surface area (Å²) in [6, 6.07) is -0.731. The van der Waals surface area contributed by atoms with Crippen LogP contribution in [-0.4, -0.2) is 45.5 Å². The molecule has 0 aromatic rings. The minimum atomic E-state index is -0.963. The molecular formula is C3H9ClNNaO2Se2. The number of aliphatic carboxylic acids is 1. The van der Waals surface area contributed by atoms with Gasteiger partial charge in [0.15, 0.2) is 0 Å². The molecule has 0 aromatic carbocycles. The van der Waals surface area contributed by atoms with Gasteiger partial charge in [0.05, 0.1) is 0 Å². The predicted octanol–water partition coefficient (Wildman–Crippen LogP) is -7.87. The minimum absolute atomic E-state index is 0. The number of carbonyl (C=O) groups is 1. The van der Waals surface area contributed by atoms with Crippen molar-refractivity contribution in [3.63, 3.8) is 0 Å². The van der Waals surface area contributed by atoms with E-state index in [1.54, 1.807) is 0 Å². The first-order valence-corrected chi connectivity index (χ1v) is 7.03. The van der Waals surface area contributed by atoms with Crippen molar-refractivity contribution >= 4 is 34.3 Å². The predicted molar refractivity (Wildman–Crippen MR) is 35.6 cm³/mol. The Hall–Kier alpha value is 1.76. The topological polar surface area (TPSA) is 63.3 Å². The summed E-state index contributed by atoms with van der Waals surface area (Å²) in [4.78, 5) is 9.57. The van der Waals surface area contributed by atoms with E-state index in [2.05, 4.69) is 28.4 Å². The maximum absolute atomic E-state index is 9.57. The third-order valence-electron chi connectivity index (χ3n) is 0.390. The molecular weight excluding hydrogens is 298 g/mol. The Morgan fingerprint density at radius 2 is 1.70 bits per heavy atom. The second-order valence-corrected chi connectivity index (χ2v) is 1.13. The Bertz CT molecular complexity index is 75.5. The first-order valence-electron chi connectivity index (χ1n) is 1.83. The molecule has 3 nitrogen and oxygen atoms in total. The molecule has 0 saturated carbocycles. The summed E-state index contributed by atoms with van der Waals surface area (Å²) in [6.45, 7) is 1.42. The molecule has 0 aliphatic heterocycles. The molecule has 0 spiro atoms. The Morgan fingerprint density at radius 1 is 1.60 bits per heavy atom. The van der Waals surface area contributed by atoms with E-state index in [0.717, 1.165) is 0 Å². The molecule has 0 aliphatic carbocycles. The molecule has 0 heterocycles. The zero-order valence-electron chi connectivity index (χ0n) is 5.78. The van der Waals surface area contributed by atoms with E-state index in [0.29, 0.717) is 0 Å². The van der Waals surface area contributed by atoms with Crippen molar-refractivity contribution < 1.29 is 51.9 Å². The second kappa shape index (κ2) is 17.0. The van der Waals surface area contributed by atoms with E-state index < -0.39 is 12.0 Å². The average molecular weight is 307 g/mol. The molecule has 3 N–H and O–H groups in total. The van der Waals surface area contributed by atoms with E-state index in [4.69, 9.17) is 10.8 Å². The fraction of sp³-hybridized carbons (Fsp3) is 0.667. The molecule has 0 bridgehead atoms. The molecule has 0 rings (SSSR count). The van der Waals surface area contributed by atoms with Crippen LogP contribution in [0.1, 0.15) is 6.92 Å². The van der Waals surface area contributed by atoms with Crippen LogP contribution in [0.2, 0.25) is 0 Å². The number of halogens is 1. The van der Waals surface area contributed by atoms with Crippen LogP contribution in [-0.2, 0) is 4.79 Å². The Morgan fingerprint density at radius 3 is 1.70 bits per heavy atom. The summed E-state index contributed by atoms with van der Waals surface area (Å²) in [5, 5.41) is 7.87. The Balaban J connectivity index is -0.0000000412. The average Bonchev–Trinajstić information content (AvgIpc) is 1.72. The van der Waals surface area contributed by atoms with Gasteiger partial charge in [-0.05, 0) is 6.92 Å². The number of nitrogens with two attached hydrogens (primary N) is 1. The van der Waals surface area contributed by atoms with Gasteiger partial charge in [-0.2, -0.15) is 0 Å². The van der Waals surface area contributed by atoms with Crippen LogP contribution in [0, 0.1) is 0 Å². The number of hydrogen-bond donors (Lipinski definition) is 2. The normalized spacial score (nSPS) is 8.80. The number of rotatable bonds is 1. The summed E-state index contributed by atoms with van der Waals surface area (Å²) in [7, 11) is 0. The van der Waals surface area contributed by atoms with E-state index in [-0.39, 0.29) is 42.0 Å². The number of carboxylic acid groups (broad SMARTS) is 1. The van der Waals surface area contributed by atoms with Gasteiger partial charge in [0, 0.05) is 0 Å². The number of hydrogen-bond acceptors (Lipinski definition) is 2. The zero-order chi connectivity index (χ0) is 7.15. The SMILES string of the molecule is C[C@H](N)C(=O)O.[Cl-].[Na+].[SeH][SeH]. The van der Waals surface area contributed by atoms with Crippen molar-refractivity contribution in [3.05, 3.63) is 0 Å². The van der Waals surface area contributed by atoms with E-state index >= 15 is 0 Å². The Kier molecular flexibility index (Phi) is 38.5. The van der Waals surface area contributed by atoms with Crippen LogP contribution in [0.5, 0.6) is 0 Å². The summed E-state index contributed by atoms with van der Waals surface area (Å²) < 4.78 is 0. The van der Waals surface area contributed by atoms with Crippen LogP contribution in [0.4, 0.5) is 0 Å². The van der Waals surface area contributed by atoms with E-state index in [1.807, 2.05) is 0 Å². The fourth-order valence-corrected chi connectivity index (χ4v) is 0. The van der Waals surface area contributed by atoms with Crippen LogP contribution >= 0.6 is 0 Å². The standard InChI is InChI=1S/C3H7NO2.ClH.Na.H2Se2/c1-2(4)3(5)6;;;1-2/h2H,4H2,1H3,(H,5,6);1H;;1-2H/q;;+1;/p-1/t2-;;;/m0.../s1. The van der Waals surface area contributed by atoms with Gasteiger partial charge in [0.2, 0.25) is 0 Å². The van der Waals surface area contributed by atoms with Gasteiger partial charge >= 0.3 is 63.9 Å². The van der Waals surface area contributed by atoms with E-state index in [1.165, 1.54) is 6.92 Å². The van der Waals surface area contributed by atoms with Gasteiger partial charge in [0.1, 0.15) is 6.04 Å². The first-order chi connectivity index (χ1) is 3.64. The third kappa shape index (κ3) is 22.6. The maximum atomic E-state index is 9.57. The quantitative estimate of drug-likeness (QED) is 0.473. The monoisotopic (exact) mass is 309 g/mol. The summed E-state index contributed by atoms with van der Waals surface area (Å²) >= 11 is 4.50. The molecule has 0 amide bonds. The second-order valence-electron chi connectivity index (χ2n) is 1.13. The molecule has 58 valence electrons. The van der Waals surface area contributed by atoms with Crippen LogP contribution < -0.4 is 47.7 Å². The van der Waals surface area contributed by atoms with Gasteiger partial charge in [-0.3, -0.25) is 4.79 Å². The first kappa shape index (κ1) is 22.6. The van der Waals surface area contributed by atoms with Gasteiger partial charge in [-0.15, -0.1) is 0 Å². The molecule has 1 atom stereocenters. The van der Waals surface area contributed by atoms with Crippen molar-refractivity contribution in [3.8, 4) is 0 Å². The zero-order valence-corrected chi connectivity index (χ0v) is 12.3. The van der Waals surface area contributed by atoms with Gasteiger partial charge in [-0.25, -0.2) is 0 Å². The van der Waals surface area contributed by atoms with Crippen molar-refractivity contribution in [2.45, 2.75) is 13.0 Å². The molecule has 0 saturated heterocycles. The Labute approximate surface area is 104 Å². The van der Waals surface area contributed by atoms with Crippen LogP contribution in [0.3, 0.4) is 0 Å². The molecule has 7 heteroatoms. The third-order valence-corrected chi connectivity index (χ3v) is 0.390. The van der Waals surface area contributed by atoms with Crippen molar-refractivity contribution in [1.29, 1.82) is 0 Å². The fourth-order valence-electron chi connectivity index (χ4n) is 0.